The first-order valence-corrected chi connectivity index (χ1v) is 23.8. The Balaban J connectivity index is 1.31. The molecule has 0 bridgehead atoms. The lowest BCUT2D eigenvalue weighted by Crippen LogP contribution is -2.35. The Morgan fingerprint density at radius 3 is 2.14 bits per heavy atom. The topological polar surface area (TPSA) is 219 Å². The smallest absolute Gasteiger partial charge is 0.294 e. The molecule has 4 atom stereocenters. The van der Waals surface area contributed by atoms with Crippen LogP contribution in [0.5, 0.6) is 0 Å². The summed E-state index contributed by atoms with van der Waals surface area (Å²) < 4.78 is 108. The predicted molar refractivity (Wildman–Crippen MR) is 214 cm³/mol. The van der Waals surface area contributed by atoms with Crippen molar-refractivity contribution in [2.24, 2.45) is 0 Å². The lowest BCUT2D eigenvalue weighted by Gasteiger charge is -2.31. The number of rotatable bonds is 12. The number of ether oxygens (including phenoxy) is 1. The summed E-state index contributed by atoms with van der Waals surface area (Å²) in [7, 11) is -11.8. The SMILES string of the molecule is COC1=C(/C=C2\CCCC3C2=[N+](CC(O)CS(=O)(=O)O)c2ccc(S(=O)(=O)O)cc23)CCC/C1=C\C1=C2C(CCC1)c1cc(C)ccc1N2CC(O)CS(=O)(=O)O. The van der Waals surface area contributed by atoms with Gasteiger partial charge in [-0.1, -0.05) is 23.8 Å². The number of benzene rings is 2. The number of nitrogens with zero attached hydrogens (tertiary/aromatic N) is 2. The van der Waals surface area contributed by atoms with Gasteiger partial charge >= 0.3 is 0 Å². The quantitative estimate of drug-likeness (QED) is 0.139. The monoisotopic (exact) mass is 845 g/mol. The van der Waals surface area contributed by atoms with Gasteiger partial charge in [0.2, 0.25) is 5.69 Å². The van der Waals surface area contributed by atoms with E-state index in [1.807, 2.05) is 24.0 Å². The second-order valence-electron chi connectivity index (χ2n) is 15.7. The molecule has 0 radical (unpaired) electrons. The summed E-state index contributed by atoms with van der Waals surface area (Å²) in [5.41, 5.74) is 10.0. The molecule has 0 aromatic heterocycles. The molecule has 3 aliphatic carbocycles. The molecule has 308 valence electrons. The van der Waals surface area contributed by atoms with Gasteiger partial charge in [-0.3, -0.25) is 13.7 Å². The van der Waals surface area contributed by atoms with E-state index in [4.69, 9.17) is 4.74 Å². The van der Waals surface area contributed by atoms with E-state index in [-0.39, 0.29) is 29.8 Å². The van der Waals surface area contributed by atoms with Crippen LogP contribution in [0.4, 0.5) is 11.4 Å². The fourth-order valence-electron chi connectivity index (χ4n) is 9.53. The molecule has 0 saturated heterocycles. The van der Waals surface area contributed by atoms with Crippen LogP contribution in [0.15, 0.2) is 87.2 Å². The van der Waals surface area contributed by atoms with E-state index >= 15 is 0 Å². The largest absolute Gasteiger partial charge is 0.496 e. The Hall–Kier alpha value is -3.68. The third-order valence-corrected chi connectivity index (χ3v) is 14.0. The maximum absolute atomic E-state index is 12.1. The van der Waals surface area contributed by atoms with E-state index in [0.717, 1.165) is 89.0 Å². The van der Waals surface area contributed by atoms with Crippen LogP contribution in [-0.2, 0) is 35.1 Å². The van der Waals surface area contributed by atoms with Crippen LogP contribution in [0, 0.1) is 6.92 Å². The summed E-state index contributed by atoms with van der Waals surface area (Å²) >= 11 is 0. The van der Waals surface area contributed by atoms with Crippen molar-refractivity contribution in [3.05, 3.63) is 99.0 Å². The van der Waals surface area contributed by atoms with Crippen LogP contribution in [0.2, 0.25) is 0 Å². The van der Waals surface area contributed by atoms with Gasteiger partial charge in [-0.05, 0) is 111 Å². The molecule has 4 unspecified atom stereocenters. The third kappa shape index (κ3) is 8.85. The zero-order valence-corrected chi connectivity index (χ0v) is 34.3. The van der Waals surface area contributed by atoms with Gasteiger partial charge in [-0.2, -0.15) is 29.8 Å². The van der Waals surface area contributed by atoms with Gasteiger partial charge in [0.05, 0.1) is 24.0 Å². The Kier molecular flexibility index (Phi) is 11.5. The first-order valence-electron chi connectivity index (χ1n) is 19.1. The van der Waals surface area contributed by atoms with E-state index in [0.29, 0.717) is 36.3 Å². The van der Waals surface area contributed by atoms with Crippen LogP contribution >= 0.6 is 0 Å². The highest BCUT2D eigenvalue weighted by Crippen LogP contribution is 2.52. The number of allylic oxidation sites excluding steroid dienone is 7. The van der Waals surface area contributed by atoms with Crippen LogP contribution in [0.3, 0.4) is 0 Å². The predicted octanol–water partition coefficient (Wildman–Crippen LogP) is 5.08. The lowest BCUT2D eigenvalue weighted by molar-refractivity contribution is -0.448. The summed E-state index contributed by atoms with van der Waals surface area (Å²) in [4.78, 5) is 1.73. The van der Waals surface area contributed by atoms with Crippen LogP contribution in [-0.4, -0.2) is 103 Å². The number of aliphatic hydroxyl groups excluding tert-OH is 2. The molecule has 1 fully saturated rings. The number of fused-ring (bicyclic) bond motifs is 6. The molecule has 5 aliphatic rings. The van der Waals surface area contributed by atoms with Crippen molar-refractivity contribution < 1.29 is 58.4 Å². The van der Waals surface area contributed by atoms with Crippen molar-refractivity contribution in [1.82, 2.24) is 0 Å². The van der Waals surface area contributed by atoms with Crippen molar-refractivity contribution in [3.63, 3.8) is 0 Å². The molecule has 1 saturated carbocycles. The van der Waals surface area contributed by atoms with E-state index < -0.39 is 54.1 Å². The second-order valence-corrected chi connectivity index (χ2v) is 20.1. The minimum atomic E-state index is -4.52. The van der Waals surface area contributed by atoms with Crippen LogP contribution in [0.25, 0.3) is 0 Å². The highest BCUT2D eigenvalue weighted by Gasteiger charge is 2.45. The number of aryl methyl sites for hydroxylation is 1. The molecule has 2 heterocycles. The summed E-state index contributed by atoms with van der Waals surface area (Å²) in [6, 6.07) is 10.4. The molecule has 14 nitrogen and oxygen atoms in total. The number of hydrogen-bond donors (Lipinski definition) is 5. The fraction of sp³-hybridized carbons (Fsp3) is 0.475. The minimum absolute atomic E-state index is 0.0119. The number of methoxy groups -OCH3 is 1. The Morgan fingerprint density at radius 2 is 1.44 bits per heavy atom. The average molecular weight is 846 g/mol. The molecule has 5 N–H and O–H groups in total. The molecule has 17 heteroatoms. The van der Waals surface area contributed by atoms with Crippen molar-refractivity contribution in [1.29, 1.82) is 0 Å². The second kappa shape index (κ2) is 15.8. The van der Waals surface area contributed by atoms with Crippen molar-refractivity contribution in [2.45, 2.75) is 93.7 Å². The average Bonchev–Trinajstić information content (AvgIpc) is 3.58. The van der Waals surface area contributed by atoms with Crippen LogP contribution in [0.1, 0.15) is 86.3 Å². The molecule has 2 aliphatic heterocycles. The van der Waals surface area contributed by atoms with Crippen LogP contribution < -0.4 is 4.90 Å². The van der Waals surface area contributed by atoms with E-state index in [1.165, 1.54) is 12.1 Å². The highest BCUT2D eigenvalue weighted by atomic mass is 32.2. The standard InChI is InChI=1S/C40H48N2O12S3/c1-24-12-14-36-34(16-24)32-10-4-6-25(38(32)41(36)20-29(43)22-55(45,46)47)17-27-8-3-9-28(40(27)54-2)18-26-7-5-11-33-35-19-31(57(51,52)53)13-15-37(35)42(39(26)33)21-30(44)23-56(48,49)50/h12-19,29-30,32-33,43-44H,3-11,20-23H2,1-2H3,(H2-,45,46,47,48,49,50,51,52,53)/p+1. The summed E-state index contributed by atoms with van der Waals surface area (Å²) in [5, 5.41) is 21.7. The Morgan fingerprint density at radius 1 is 0.789 bits per heavy atom. The van der Waals surface area contributed by atoms with E-state index in [9.17, 15) is 49.1 Å². The maximum atomic E-state index is 12.1. The summed E-state index contributed by atoms with van der Waals surface area (Å²) in [6.45, 7) is 1.83. The first kappa shape index (κ1) is 41.5. The van der Waals surface area contributed by atoms with E-state index in [2.05, 4.69) is 18.2 Å². The fourth-order valence-corrected chi connectivity index (χ4v) is 11.2. The minimum Gasteiger partial charge on any atom is -0.496 e. The molecule has 2 aromatic carbocycles. The van der Waals surface area contributed by atoms with Gasteiger partial charge in [0, 0.05) is 41.1 Å². The van der Waals surface area contributed by atoms with Gasteiger partial charge < -0.3 is 19.8 Å². The maximum Gasteiger partial charge on any atom is 0.294 e. The molecule has 0 amide bonds. The molecule has 0 spiro atoms. The molecular formula is C40H49N2O12S3+. The first-order chi connectivity index (χ1) is 26.8. The van der Waals surface area contributed by atoms with Gasteiger partial charge in [-0.15, -0.1) is 0 Å². The van der Waals surface area contributed by atoms with Gasteiger partial charge in [0.1, 0.15) is 23.4 Å². The molecule has 7 rings (SSSR count). The zero-order chi connectivity index (χ0) is 41.0. The van der Waals surface area contributed by atoms with E-state index in [1.54, 1.807) is 17.8 Å². The Bertz CT molecular complexity index is 2480. The lowest BCUT2D eigenvalue weighted by atomic mass is 9.79. The number of hydrogen-bond acceptors (Lipinski definition) is 10. The molecular weight excluding hydrogens is 797 g/mol. The Labute approximate surface area is 333 Å². The van der Waals surface area contributed by atoms with Crippen molar-refractivity contribution in [2.75, 3.05) is 36.6 Å². The normalized spacial score (nSPS) is 23.8. The number of β-amino-alcohol motifs (C(OH)–C–C–N with tert-alkyl or cyclic N) is 2. The van der Waals surface area contributed by atoms with Crippen molar-refractivity contribution >= 4 is 47.4 Å². The van der Waals surface area contributed by atoms with Gasteiger partial charge in [0.15, 0.2) is 12.3 Å². The number of aliphatic hydroxyl groups is 2. The highest BCUT2D eigenvalue weighted by molar-refractivity contribution is 7.86. The van der Waals surface area contributed by atoms with Gasteiger partial charge in [0.25, 0.3) is 30.4 Å². The summed E-state index contributed by atoms with van der Waals surface area (Å²) in [6.07, 6.45) is 8.30. The molecule has 57 heavy (non-hydrogen) atoms. The van der Waals surface area contributed by atoms with Crippen molar-refractivity contribution in [3.8, 4) is 0 Å². The third-order valence-electron chi connectivity index (χ3n) is 11.6. The zero-order valence-electron chi connectivity index (χ0n) is 31.8. The van der Waals surface area contributed by atoms with Gasteiger partial charge in [-0.25, -0.2) is 0 Å². The number of anilines is 1. The molecule has 2 aromatic rings. The summed E-state index contributed by atoms with van der Waals surface area (Å²) in [5.74, 6) is -1.21.